The molecule has 6 nitrogen and oxygen atoms in total. The fourth-order valence-corrected chi connectivity index (χ4v) is 1.11. The van der Waals surface area contributed by atoms with Gasteiger partial charge in [-0.15, -0.1) is 5.10 Å². The molecule has 0 fully saturated rings. The molecule has 2 aromatic rings. The SMILES string of the molecule is COc1cc(-c2nnn[nH]2)ccc1O. The molecule has 0 aliphatic heterocycles. The van der Waals surface area contributed by atoms with Crippen LogP contribution in [0.4, 0.5) is 0 Å². The maximum absolute atomic E-state index is 9.35. The van der Waals surface area contributed by atoms with Crippen LogP contribution in [0.3, 0.4) is 0 Å². The number of nitrogens with zero attached hydrogens (tertiary/aromatic N) is 3. The summed E-state index contributed by atoms with van der Waals surface area (Å²) in [7, 11) is 1.48. The van der Waals surface area contributed by atoms with E-state index < -0.39 is 0 Å². The second kappa shape index (κ2) is 3.33. The first-order chi connectivity index (χ1) is 6.81. The molecule has 1 heterocycles. The van der Waals surface area contributed by atoms with Gasteiger partial charge in [0.2, 0.25) is 0 Å². The quantitative estimate of drug-likeness (QED) is 0.727. The highest BCUT2D eigenvalue weighted by Gasteiger charge is 2.06. The molecule has 0 unspecified atom stereocenters. The molecule has 1 aromatic carbocycles. The summed E-state index contributed by atoms with van der Waals surface area (Å²) >= 11 is 0. The number of rotatable bonds is 2. The summed E-state index contributed by atoms with van der Waals surface area (Å²) in [6, 6.07) is 4.87. The number of hydrogen-bond donors (Lipinski definition) is 2. The zero-order valence-electron chi connectivity index (χ0n) is 7.43. The molecule has 14 heavy (non-hydrogen) atoms. The predicted molar refractivity (Wildman–Crippen MR) is 47.8 cm³/mol. The van der Waals surface area contributed by atoms with E-state index in [1.165, 1.54) is 13.2 Å². The number of benzene rings is 1. The molecule has 0 aliphatic carbocycles. The number of aromatic nitrogens is 4. The molecule has 0 radical (unpaired) electrons. The van der Waals surface area contributed by atoms with E-state index in [-0.39, 0.29) is 5.75 Å². The maximum atomic E-state index is 9.35. The van der Waals surface area contributed by atoms with Crippen molar-refractivity contribution < 1.29 is 9.84 Å². The highest BCUT2D eigenvalue weighted by molar-refractivity contribution is 5.59. The van der Waals surface area contributed by atoms with Gasteiger partial charge in [0.25, 0.3) is 0 Å². The van der Waals surface area contributed by atoms with Gasteiger partial charge in [-0.1, -0.05) is 0 Å². The number of nitrogens with one attached hydrogen (secondary N) is 1. The van der Waals surface area contributed by atoms with E-state index in [9.17, 15) is 5.11 Å². The van der Waals surface area contributed by atoms with Gasteiger partial charge < -0.3 is 9.84 Å². The third-order valence-electron chi connectivity index (χ3n) is 1.80. The molecule has 1 aromatic heterocycles. The van der Waals surface area contributed by atoms with E-state index in [1.807, 2.05) is 0 Å². The number of phenols is 1. The Labute approximate surface area is 79.5 Å². The monoisotopic (exact) mass is 192 g/mol. The number of aromatic hydroxyl groups is 1. The van der Waals surface area contributed by atoms with Gasteiger partial charge in [-0.25, -0.2) is 5.10 Å². The van der Waals surface area contributed by atoms with Crippen molar-refractivity contribution in [3.8, 4) is 22.9 Å². The lowest BCUT2D eigenvalue weighted by atomic mass is 10.2. The third-order valence-corrected chi connectivity index (χ3v) is 1.80. The van der Waals surface area contributed by atoms with Crippen LogP contribution in [0.1, 0.15) is 0 Å². The van der Waals surface area contributed by atoms with E-state index >= 15 is 0 Å². The summed E-state index contributed by atoms with van der Waals surface area (Å²) in [6.07, 6.45) is 0. The van der Waals surface area contributed by atoms with Gasteiger partial charge in [-0.2, -0.15) is 0 Å². The van der Waals surface area contributed by atoms with Crippen molar-refractivity contribution in [2.24, 2.45) is 0 Å². The average Bonchev–Trinajstić information content (AvgIpc) is 2.71. The molecule has 0 saturated carbocycles. The lowest BCUT2D eigenvalue weighted by Crippen LogP contribution is -1.86. The Balaban J connectivity index is 2.46. The van der Waals surface area contributed by atoms with E-state index in [0.717, 1.165) is 5.56 Å². The Morgan fingerprint density at radius 1 is 1.43 bits per heavy atom. The van der Waals surface area contributed by atoms with Crippen LogP contribution in [-0.4, -0.2) is 32.8 Å². The Bertz CT molecular complexity index is 427. The second-order valence-electron chi connectivity index (χ2n) is 2.64. The Hall–Kier alpha value is -2.11. The molecule has 72 valence electrons. The minimum absolute atomic E-state index is 0.0868. The van der Waals surface area contributed by atoms with Crippen LogP contribution < -0.4 is 4.74 Å². The first kappa shape index (κ1) is 8.49. The normalized spacial score (nSPS) is 10.1. The molecule has 0 spiro atoms. The first-order valence-electron chi connectivity index (χ1n) is 3.92. The maximum Gasteiger partial charge on any atom is 0.179 e. The van der Waals surface area contributed by atoms with E-state index in [1.54, 1.807) is 12.1 Å². The molecule has 0 aliphatic rings. The number of ether oxygens (including phenoxy) is 1. The van der Waals surface area contributed by atoms with Crippen molar-refractivity contribution in [3.05, 3.63) is 18.2 Å². The number of methoxy groups -OCH3 is 1. The molecular weight excluding hydrogens is 184 g/mol. The molecule has 2 rings (SSSR count). The van der Waals surface area contributed by atoms with E-state index in [2.05, 4.69) is 20.6 Å². The second-order valence-corrected chi connectivity index (χ2v) is 2.64. The largest absolute Gasteiger partial charge is 0.504 e. The van der Waals surface area contributed by atoms with Gasteiger partial charge >= 0.3 is 0 Å². The van der Waals surface area contributed by atoms with Gasteiger partial charge in [0.05, 0.1) is 7.11 Å². The predicted octanol–water partition coefficient (Wildman–Crippen LogP) is 0.581. The van der Waals surface area contributed by atoms with Crippen LogP contribution >= 0.6 is 0 Å². The zero-order chi connectivity index (χ0) is 9.97. The Kier molecular flexibility index (Phi) is 2.02. The summed E-state index contributed by atoms with van der Waals surface area (Å²) in [5, 5.41) is 22.6. The molecule has 0 amide bonds. The minimum atomic E-state index is 0.0868. The molecule has 2 N–H and O–H groups in total. The van der Waals surface area contributed by atoms with Gasteiger partial charge in [-0.05, 0) is 28.6 Å². The van der Waals surface area contributed by atoms with E-state index in [4.69, 9.17) is 4.74 Å². The summed E-state index contributed by atoms with van der Waals surface area (Å²) in [5.41, 5.74) is 0.754. The highest BCUT2D eigenvalue weighted by atomic mass is 16.5. The van der Waals surface area contributed by atoms with Crippen LogP contribution in [0.2, 0.25) is 0 Å². The van der Waals surface area contributed by atoms with Gasteiger partial charge in [0.15, 0.2) is 17.3 Å². The van der Waals surface area contributed by atoms with E-state index in [0.29, 0.717) is 11.6 Å². The van der Waals surface area contributed by atoms with Crippen LogP contribution in [-0.2, 0) is 0 Å². The summed E-state index contributed by atoms with van der Waals surface area (Å²) in [6.45, 7) is 0. The fourth-order valence-electron chi connectivity index (χ4n) is 1.11. The van der Waals surface area contributed by atoms with Crippen molar-refractivity contribution in [1.82, 2.24) is 20.6 Å². The van der Waals surface area contributed by atoms with Crippen molar-refractivity contribution >= 4 is 0 Å². The third kappa shape index (κ3) is 1.37. The summed E-state index contributed by atoms with van der Waals surface area (Å²) in [5.74, 6) is 1.01. The Morgan fingerprint density at radius 3 is 2.93 bits per heavy atom. The lowest BCUT2D eigenvalue weighted by Gasteiger charge is -2.03. The molecular formula is C8H8N4O2. The minimum Gasteiger partial charge on any atom is -0.504 e. The highest BCUT2D eigenvalue weighted by Crippen LogP contribution is 2.29. The van der Waals surface area contributed by atoms with Crippen LogP contribution in [0.5, 0.6) is 11.5 Å². The van der Waals surface area contributed by atoms with Gasteiger partial charge in [0.1, 0.15) is 0 Å². The van der Waals surface area contributed by atoms with Crippen molar-refractivity contribution in [2.45, 2.75) is 0 Å². The lowest BCUT2D eigenvalue weighted by molar-refractivity contribution is 0.373. The number of H-pyrrole nitrogens is 1. The number of aromatic amines is 1. The van der Waals surface area contributed by atoms with Crippen molar-refractivity contribution in [3.63, 3.8) is 0 Å². The molecule has 0 saturated heterocycles. The summed E-state index contributed by atoms with van der Waals surface area (Å²) < 4.78 is 4.95. The standard InChI is InChI=1S/C8H8N4O2/c1-14-7-4-5(2-3-6(7)13)8-9-11-12-10-8/h2-4,13H,1H3,(H,9,10,11,12). The zero-order valence-corrected chi connectivity index (χ0v) is 7.43. The van der Waals surface area contributed by atoms with Crippen LogP contribution in [0.25, 0.3) is 11.4 Å². The average molecular weight is 192 g/mol. The van der Waals surface area contributed by atoms with Gasteiger partial charge in [0, 0.05) is 5.56 Å². The molecule has 0 atom stereocenters. The number of tetrazole rings is 1. The van der Waals surface area contributed by atoms with Crippen LogP contribution in [0.15, 0.2) is 18.2 Å². The van der Waals surface area contributed by atoms with Crippen molar-refractivity contribution in [1.29, 1.82) is 0 Å². The topological polar surface area (TPSA) is 83.9 Å². The van der Waals surface area contributed by atoms with Gasteiger partial charge in [-0.3, -0.25) is 0 Å². The fraction of sp³-hybridized carbons (Fsp3) is 0.125. The molecule has 6 heteroatoms. The molecule has 0 bridgehead atoms. The van der Waals surface area contributed by atoms with Crippen molar-refractivity contribution in [2.75, 3.05) is 7.11 Å². The van der Waals surface area contributed by atoms with Crippen LogP contribution in [0, 0.1) is 0 Å². The number of phenolic OH excluding ortho intramolecular Hbond substituents is 1. The Morgan fingerprint density at radius 2 is 2.29 bits per heavy atom. The summed E-state index contributed by atoms with van der Waals surface area (Å²) in [4.78, 5) is 0. The number of hydrogen-bond acceptors (Lipinski definition) is 5. The first-order valence-corrected chi connectivity index (χ1v) is 3.92. The smallest absolute Gasteiger partial charge is 0.179 e.